The average Bonchev–Trinajstić information content (AvgIpc) is 2.65. The van der Waals surface area contributed by atoms with E-state index in [0.29, 0.717) is 11.6 Å². The van der Waals surface area contributed by atoms with Gasteiger partial charge in [-0.3, -0.25) is 14.9 Å². The number of amides is 1. The molecule has 0 atom stereocenters. The van der Waals surface area contributed by atoms with Crippen LogP contribution in [-0.4, -0.2) is 23.4 Å². The number of para-hydroxylation sites is 1. The van der Waals surface area contributed by atoms with Crippen LogP contribution in [0.5, 0.6) is 0 Å². The lowest BCUT2D eigenvalue weighted by molar-refractivity contribution is -0.385. The fraction of sp³-hybridized carbons (Fsp3) is 0.200. The lowest BCUT2D eigenvalue weighted by atomic mass is 10.0. The Morgan fingerprint density at radius 2 is 1.81 bits per heavy atom. The highest BCUT2D eigenvalue weighted by Gasteiger charge is 2.11. The molecular formula is C20H20N2O5. The van der Waals surface area contributed by atoms with Gasteiger partial charge in [0, 0.05) is 17.8 Å². The first-order valence-corrected chi connectivity index (χ1v) is 8.35. The molecule has 0 saturated carbocycles. The van der Waals surface area contributed by atoms with Gasteiger partial charge in [-0.25, -0.2) is 4.79 Å². The molecule has 2 aromatic rings. The normalized spacial score (nSPS) is 10.8. The van der Waals surface area contributed by atoms with Gasteiger partial charge in [0.1, 0.15) is 0 Å². The Balaban J connectivity index is 1.86. The minimum absolute atomic E-state index is 0.121. The predicted octanol–water partition coefficient (Wildman–Crippen LogP) is 3.91. The van der Waals surface area contributed by atoms with Crippen LogP contribution < -0.4 is 5.32 Å². The summed E-state index contributed by atoms with van der Waals surface area (Å²) in [5.74, 6) is -0.846. The van der Waals surface area contributed by atoms with Crippen LogP contribution in [0.4, 0.5) is 11.4 Å². The zero-order valence-electron chi connectivity index (χ0n) is 15.0. The Labute approximate surface area is 156 Å². The van der Waals surface area contributed by atoms with Crippen LogP contribution in [0, 0.1) is 10.1 Å². The second-order valence-corrected chi connectivity index (χ2v) is 6.08. The molecule has 0 saturated heterocycles. The molecule has 27 heavy (non-hydrogen) atoms. The van der Waals surface area contributed by atoms with Crippen molar-refractivity contribution in [3.63, 3.8) is 0 Å². The van der Waals surface area contributed by atoms with E-state index in [1.54, 1.807) is 18.2 Å². The maximum absolute atomic E-state index is 11.9. The van der Waals surface area contributed by atoms with Crippen molar-refractivity contribution in [3.8, 4) is 0 Å². The van der Waals surface area contributed by atoms with Gasteiger partial charge >= 0.3 is 5.97 Å². The van der Waals surface area contributed by atoms with E-state index >= 15 is 0 Å². The molecule has 0 aliphatic rings. The fourth-order valence-corrected chi connectivity index (χ4v) is 2.29. The largest absolute Gasteiger partial charge is 0.452 e. The maximum Gasteiger partial charge on any atom is 0.331 e. The van der Waals surface area contributed by atoms with Crippen LogP contribution in [0.25, 0.3) is 6.08 Å². The lowest BCUT2D eigenvalue weighted by Gasteiger charge is -2.08. The second-order valence-electron chi connectivity index (χ2n) is 6.08. The molecule has 2 rings (SSSR count). The highest BCUT2D eigenvalue weighted by molar-refractivity contribution is 5.94. The number of nitrogens with one attached hydrogen (secondary N) is 1. The first kappa shape index (κ1) is 19.8. The van der Waals surface area contributed by atoms with Crippen LogP contribution in [0.2, 0.25) is 0 Å². The minimum atomic E-state index is -0.765. The summed E-state index contributed by atoms with van der Waals surface area (Å²) in [4.78, 5) is 33.9. The molecule has 1 amide bonds. The van der Waals surface area contributed by atoms with Gasteiger partial charge in [-0.15, -0.1) is 0 Å². The number of nitrogens with zero attached hydrogens (tertiary/aromatic N) is 1. The monoisotopic (exact) mass is 368 g/mol. The molecule has 0 radical (unpaired) electrons. The molecule has 0 fully saturated rings. The third-order valence-corrected chi connectivity index (χ3v) is 3.74. The van der Waals surface area contributed by atoms with E-state index in [-0.39, 0.29) is 11.3 Å². The lowest BCUT2D eigenvalue weighted by Crippen LogP contribution is -2.20. The third kappa shape index (κ3) is 6.07. The Bertz CT molecular complexity index is 857. The fourth-order valence-electron chi connectivity index (χ4n) is 2.29. The van der Waals surface area contributed by atoms with E-state index < -0.39 is 23.4 Å². The summed E-state index contributed by atoms with van der Waals surface area (Å²) in [5.41, 5.74) is 1.91. The second kappa shape index (κ2) is 9.28. The van der Waals surface area contributed by atoms with Crippen LogP contribution in [-0.2, 0) is 14.3 Å². The molecule has 1 N–H and O–H groups in total. The van der Waals surface area contributed by atoms with E-state index in [1.807, 2.05) is 12.1 Å². The number of carbonyl (C=O) groups excluding carboxylic acids is 2. The number of hydrogen-bond donors (Lipinski definition) is 1. The van der Waals surface area contributed by atoms with Gasteiger partial charge < -0.3 is 10.1 Å². The van der Waals surface area contributed by atoms with Crippen LogP contribution in [0.15, 0.2) is 54.6 Å². The number of nitro groups is 1. The predicted molar refractivity (Wildman–Crippen MR) is 102 cm³/mol. The number of anilines is 1. The Hall–Kier alpha value is -3.48. The van der Waals surface area contributed by atoms with E-state index in [4.69, 9.17) is 4.74 Å². The van der Waals surface area contributed by atoms with Crippen molar-refractivity contribution in [1.29, 1.82) is 0 Å². The smallest absolute Gasteiger partial charge is 0.331 e. The van der Waals surface area contributed by atoms with E-state index in [0.717, 1.165) is 11.6 Å². The zero-order valence-corrected chi connectivity index (χ0v) is 15.0. The summed E-state index contributed by atoms with van der Waals surface area (Å²) in [6, 6.07) is 13.4. The number of ether oxygens (including phenoxy) is 1. The van der Waals surface area contributed by atoms with Crippen molar-refractivity contribution in [2.24, 2.45) is 0 Å². The number of benzene rings is 2. The van der Waals surface area contributed by atoms with Gasteiger partial charge in [0.25, 0.3) is 11.6 Å². The van der Waals surface area contributed by atoms with Crippen molar-refractivity contribution in [2.45, 2.75) is 19.8 Å². The van der Waals surface area contributed by atoms with Gasteiger partial charge in [0.2, 0.25) is 0 Å². The molecule has 2 aromatic carbocycles. The van der Waals surface area contributed by atoms with Crippen LogP contribution >= 0.6 is 0 Å². The highest BCUT2D eigenvalue weighted by Crippen LogP contribution is 2.19. The molecule has 0 heterocycles. The summed E-state index contributed by atoms with van der Waals surface area (Å²) in [6.07, 6.45) is 2.33. The molecule has 0 unspecified atom stereocenters. The van der Waals surface area contributed by atoms with Gasteiger partial charge in [-0.2, -0.15) is 0 Å². The molecule has 0 aliphatic carbocycles. The summed E-state index contributed by atoms with van der Waals surface area (Å²) in [7, 11) is 0. The number of esters is 1. The zero-order chi connectivity index (χ0) is 19.8. The number of hydrogen-bond acceptors (Lipinski definition) is 5. The van der Waals surface area contributed by atoms with Crippen molar-refractivity contribution in [2.75, 3.05) is 11.9 Å². The van der Waals surface area contributed by atoms with Gasteiger partial charge in [0.15, 0.2) is 6.61 Å². The number of carbonyl (C=O) groups is 2. The summed E-state index contributed by atoms with van der Waals surface area (Å²) >= 11 is 0. The average molecular weight is 368 g/mol. The van der Waals surface area contributed by atoms with Gasteiger partial charge in [-0.1, -0.05) is 38.1 Å². The SMILES string of the molecule is CC(C)c1ccc(NC(=O)COC(=O)/C=C/c2ccccc2[N+](=O)[O-])cc1. The third-order valence-electron chi connectivity index (χ3n) is 3.74. The maximum atomic E-state index is 11.9. The summed E-state index contributed by atoms with van der Waals surface area (Å²) in [5, 5.41) is 13.5. The summed E-state index contributed by atoms with van der Waals surface area (Å²) < 4.78 is 4.85. The number of rotatable bonds is 7. The number of nitro benzene ring substituents is 1. The standard InChI is InChI=1S/C20H20N2O5/c1-14(2)15-7-10-17(11-8-15)21-19(23)13-27-20(24)12-9-16-5-3-4-6-18(16)22(25)26/h3-12,14H,13H2,1-2H3,(H,21,23)/b12-9+. The highest BCUT2D eigenvalue weighted by atomic mass is 16.6. The van der Waals surface area contributed by atoms with Crippen molar-refractivity contribution >= 4 is 29.3 Å². The van der Waals surface area contributed by atoms with Crippen molar-refractivity contribution in [3.05, 3.63) is 75.8 Å². The van der Waals surface area contributed by atoms with Crippen molar-refractivity contribution in [1.82, 2.24) is 0 Å². The first-order valence-electron chi connectivity index (χ1n) is 8.35. The molecule has 140 valence electrons. The van der Waals surface area contributed by atoms with Crippen LogP contribution in [0.1, 0.15) is 30.9 Å². The van der Waals surface area contributed by atoms with Crippen LogP contribution in [0.3, 0.4) is 0 Å². The van der Waals surface area contributed by atoms with Crippen molar-refractivity contribution < 1.29 is 19.2 Å². The van der Waals surface area contributed by atoms with E-state index in [1.165, 1.54) is 24.3 Å². The Kier molecular flexibility index (Phi) is 6.82. The molecule has 7 nitrogen and oxygen atoms in total. The molecular weight excluding hydrogens is 348 g/mol. The molecule has 0 aromatic heterocycles. The van der Waals surface area contributed by atoms with E-state index in [2.05, 4.69) is 19.2 Å². The molecule has 7 heteroatoms. The van der Waals surface area contributed by atoms with Gasteiger partial charge in [0.05, 0.1) is 10.5 Å². The summed E-state index contributed by atoms with van der Waals surface area (Å²) in [6.45, 7) is 3.70. The minimum Gasteiger partial charge on any atom is -0.452 e. The van der Waals surface area contributed by atoms with Gasteiger partial charge in [-0.05, 0) is 35.8 Å². The quantitative estimate of drug-likeness (QED) is 0.346. The molecule has 0 aliphatic heterocycles. The molecule has 0 bridgehead atoms. The Morgan fingerprint density at radius 3 is 2.44 bits per heavy atom. The Morgan fingerprint density at radius 1 is 1.15 bits per heavy atom. The topological polar surface area (TPSA) is 98.5 Å². The molecule has 0 spiro atoms. The first-order chi connectivity index (χ1) is 12.9. The van der Waals surface area contributed by atoms with E-state index in [9.17, 15) is 19.7 Å².